The normalized spacial score (nSPS) is 14.7. The minimum absolute atomic E-state index is 0.0436. The first-order valence-electron chi connectivity index (χ1n) is 10.3. The number of sulfonamides is 1. The Labute approximate surface area is 186 Å². The smallest absolute Gasteiger partial charge is 0.254 e. The van der Waals surface area contributed by atoms with Gasteiger partial charge in [0.1, 0.15) is 5.82 Å². The van der Waals surface area contributed by atoms with Crippen LogP contribution in [0.5, 0.6) is 0 Å². The lowest BCUT2D eigenvalue weighted by Crippen LogP contribution is -2.40. The highest BCUT2D eigenvalue weighted by atomic mass is 32.2. The number of nitrogens with zero attached hydrogens (tertiary/aromatic N) is 1. The molecule has 3 rings (SSSR count). The molecule has 2 aromatic carbocycles. The van der Waals surface area contributed by atoms with Gasteiger partial charge in [-0.05, 0) is 36.2 Å². The van der Waals surface area contributed by atoms with E-state index in [4.69, 9.17) is 4.74 Å². The largest absolute Gasteiger partial charge is 0.379 e. The zero-order valence-electron chi connectivity index (χ0n) is 17.6. The van der Waals surface area contributed by atoms with Gasteiger partial charge in [-0.25, -0.2) is 12.8 Å². The van der Waals surface area contributed by atoms with Crippen LogP contribution in [-0.2, 0) is 26.0 Å². The van der Waals surface area contributed by atoms with Crippen LogP contribution in [0.2, 0.25) is 0 Å². The Kier molecular flexibility index (Phi) is 8.32. The summed E-state index contributed by atoms with van der Waals surface area (Å²) in [5, 5.41) is 5.25. The van der Waals surface area contributed by atoms with Crippen LogP contribution >= 0.6 is 0 Å². The number of hydrogen-bond acceptors (Lipinski definition) is 5. The second kappa shape index (κ2) is 11.2. The molecule has 2 aromatic rings. The Hall–Kier alpha value is -2.82. The van der Waals surface area contributed by atoms with Gasteiger partial charge in [0.2, 0.25) is 15.9 Å². The van der Waals surface area contributed by atoms with Crippen molar-refractivity contribution in [2.24, 2.45) is 0 Å². The molecule has 8 nitrogen and oxygen atoms in total. The maximum absolute atomic E-state index is 13.6. The van der Waals surface area contributed by atoms with Crippen molar-refractivity contribution in [3.8, 4) is 0 Å². The topological polar surface area (TPSA) is 105 Å². The summed E-state index contributed by atoms with van der Waals surface area (Å²) in [5.41, 5.74) is 0.798. The average molecular weight is 464 g/mol. The van der Waals surface area contributed by atoms with Crippen molar-refractivity contribution in [3.05, 3.63) is 65.5 Å². The molecule has 1 aliphatic heterocycles. The summed E-state index contributed by atoms with van der Waals surface area (Å²) in [6.07, 6.45) is 0.669. The quantitative estimate of drug-likeness (QED) is 0.546. The maximum atomic E-state index is 13.6. The van der Waals surface area contributed by atoms with Crippen LogP contribution in [0.15, 0.2) is 53.4 Å². The molecule has 10 heteroatoms. The number of benzene rings is 2. The minimum atomic E-state index is -3.54. The summed E-state index contributed by atoms with van der Waals surface area (Å²) < 4.78 is 45.4. The molecule has 0 spiro atoms. The zero-order chi connectivity index (χ0) is 23.0. The predicted molar refractivity (Wildman–Crippen MR) is 116 cm³/mol. The van der Waals surface area contributed by atoms with Gasteiger partial charge in [-0.2, -0.15) is 4.31 Å². The zero-order valence-corrected chi connectivity index (χ0v) is 18.4. The van der Waals surface area contributed by atoms with E-state index in [2.05, 4.69) is 10.6 Å². The van der Waals surface area contributed by atoms with Gasteiger partial charge in [0, 0.05) is 32.6 Å². The fourth-order valence-electron chi connectivity index (χ4n) is 3.23. The summed E-state index contributed by atoms with van der Waals surface area (Å²) in [4.78, 5) is 24.1. The number of aryl methyl sites for hydroxylation is 1. The van der Waals surface area contributed by atoms with Crippen molar-refractivity contribution in [3.63, 3.8) is 0 Å². The van der Waals surface area contributed by atoms with E-state index < -0.39 is 21.7 Å². The van der Waals surface area contributed by atoms with Crippen molar-refractivity contribution in [2.45, 2.75) is 17.7 Å². The minimum Gasteiger partial charge on any atom is -0.379 e. The summed E-state index contributed by atoms with van der Waals surface area (Å²) in [5.74, 6) is -1.34. The summed E-state index contributed by atoms with van der Waals surface area (Å²) in [6, 6.07) is 12.2. The molecule has 0 atom stereocenters. The van der Waals surface area contributed by atoms with E-state index in [0.717, 1.165) is 5.56 Å². The molecule has 172 valence electrons. The van der Waals surface area contributed by atoms with E-state index in [1.165, 1.54) is 22.5 Å². The lowest BCUT2D eigenvalue weighted by molar-refractivity contribution is -0.121. The van der Waals surface area contributed by atoms with Gasteiger partial charge in [0.25, 0.3) is 5.91 Å². The second-order valence-electron chi connectivity index (χ2n) is 7.25. The Morgan fingerprint density at radius 2 is 1.62 bits per heavy atom. The first-order chi connectivity index (χ1) is 15.4. The van der Waals surface area contributed by atoms with Crippen LogP contribution in [0.3, 0.4) is 0 Å². The van der Waals surface area contributed by atoms with E-state index in [9.17, 15) is 22.4 Å². The molecule has 2 amide bonds. The van der Waals surface area contributed by atoms with E-state index >= 15 is 0 Å². The molecule has 1 fully saturated rings. The molecule has 1 heterocycles. The molecule has 0 saturated carbocycles. The molecular weight excluding hydrogens is 437 g/mol. The third-order valence-electron chi connectivity index (χ3n) is 5.02. The highest BCUT2D eigenvalue weighted by Crippen LogP contribution is 2.18. The number of halogens is 1. The number of hydrogen-bond donors (Lipinski definition) is 2. The standard InChI is InChI=1S/C22H26FN3O5S/c23-20-4-2-1-3-19(20)22(28)25-12-11-24-21(27)10-7-17-5-8-18(9-6-17)32(29,30)26-13-15-31-16-14-26/h1-6,8-9H,7,10-16H2,(H,24,27)(H,25,28). The van der Waals surface area contributed by atoms with Crippen molar-refractivity contribution >= 4 is 21.8 Å². The fraction of sp³-hybridized carbons (Fsp3) is 0.364. The van der Waals surface area contributed by atoms with Crippen LogP contribution in [0, 0.1) is 5.82 Å². The lowest BCUT2D eigenvalue weighted by Gasteiger charge is -2.26. The number of amides is 2. The average Bonchev–Trinajstić information content (AvgIpc) is 2.81. The Morgan fingerprint density at radius 1 is 0.969 bits per heavy atom. The summed E-state index contributed by atoms with van der Waals surface area (Å²) in [6.45, 7) is 1.84. The van der Waals surface area contributed by atoms with Gasteiger partial charge in [-0.1, -0.05) is 24.3 Å². The molecular formula is C22H26FN3O5S. The molecule has 1 saturated heterocycles. The van der Waals surface area contributed by atoms with Crippen molar-refractivity contribution in [1.82, 2.24) is 14.9 Å². The molecule has 0 unspecified atom stereocenters. The Bertz CT molecular complexity index is 1040. The first kappa shape index (κ1) is 23.8. The third-order valence-corrected chi connectivity index (χ3v) is 6.94. The summed E-state index contributed by atoms with van der Waals surface area (Å²) in [7, 11) is -3.54. The van der Waals surface area contributed by atoms with Gasteiger partial charge in [-0.3, -0.25) is 9.59 Å². The van der Waals surface area contributed by atoms with Gasteiger partial charge < -0.3 is 15.4 Å². The SMILES string of the molecule is O=C(CCc1ccc(S(=O)(=O)N2CCOCC2)cc1)NCCNC(=O)c1ccccc1F. The number of carbonyl (C=O) groups is 2. The molecule has 0 radical (unpaired) electrons. The number of morpholine rings is 1. The van der Waals surface area contributed by atoms with Crippen LogP contribution < -0.4 is 10.6 Å². The van der Waals surface area contributed by atoms with E-state index in [1.54, 1.807) is 30.3 Å². The third kappa shape index (κ3) is 6.35. The molecule has 0 bridgehead atoms. The number of rotatable bonds is 9. The van der Waals surface area contributed by atoms with Crippen LogP contribution in [0.4, 0.5) is 4.39 Å². The second-order valence-corrected chi connectivity index (χ2v) is 9.18. The Morgan fingerprint density at radius 3 is 2.31 bits per heavy atom. The maximum Gasteiger partial charge on any atom is 0.254 e. The fourth-order valence-corrected chi connectivity index (χ4v) is 4.64. The molecule has 0 aliphatic carbocycles. The number of nitrogens with one attached hydrogen (secondary N) is 2. The number of carbonyl (C=O) groups excluding carboxylic acids is 2. The summed E-state index contributed by atoms with van der Waals surface area (Å²) >= 11 is 0. The van der Waals surface area contributed by atoms with Crippen LogP contribution in [0.25, 0.3) is 0 Å². The number of ether oxygens (including phenoxy) is 1. The van der Waals surface area contributed by atoms with Crippen molar-refractivity contribution < 1.29 is 27.1 Å². The highest BCUT2D eigenvalue weighted by molar-refractivity contribution is 7.89. The predicted octanol–water partition coefficient (Wildman–Crippen LogP) is 1.33. The van der Waals surface area contributed by atoms with Crippen LogP contribution in [-0.4, -0.2) is 63.9 Å². The molecule has 32 heavy (non-hydrogen) atoms. The van der Waals surface area contributed by atoms with Crippen molar-refractivity contribution in [1.29, 1.82) is 0 Å². The highest BCUT2D eigenvalue weighted by Gasteiger charge is 2.26. The van der Waals surface area contributed by atoms with Gasteiger partial charge >= 0.3 is 0 Å². The van der Waals surface area contributed by atoms with Gasteiger partial charge in [0.05, 0.1) is 23.7 Å². The lowest BCUT2D eigenvalue weighted by atomic mass is 10.1. The van der Waals surface area contributed by atoms with E-state index in [0.29, 0.717) is 32.7 Å². The molecule has 1 aliphatic rings. The van der Waals surface area contributed by atoms with Gasteiger partial charge in [-0.15, -0.1) is 0 Å². The van der Waals surface area contributed by atoms with E-state index in [1.807, 2.05) is 0 Å². The first-order valence-corrected chi connectivity index (χ1v) is 11.8. The van der Waals surface area contributed by atoms with Gasteiger partial charge in [0.15, 0.2) is 0 Å². The Balaban J connectivity index is 1.39. The van der Waals surface area contributed by atoms with Crippen molar-refractivity contribution in [2.75, 3.05) is 39.4 Å². The van der Waals surface area contributed by atoms with E-state index in [-0.39, 0.29) is 35.9 Å². The van der Waals surface area contributed by atoms with Crippen LogP contribution in [0.1, 0.15) is 22.3 Å². The molecule has 2 N–H and O–H groups in total. The molecule has 0 aromatic heterocycles. The monoisotopic (exact) mass is 463 g/mol.